The van der Waals surface area contributed by atoms with Gasteiger partial charge < -0.3 is 10.8 Å². The fourth-order valence-corrected chi connectivity index (χ4v) is 3.19. The van der Waals surface area contributed by atoms with Gasteiger partial charge in [0, 0.05) is 16.6 Å². The molecule has 0 aliphatic rings. The van der Waals surface area contributed by atoms with Crippen molar-refractivity contribution < 1.29 is 5.11 Å². The summed E-state index contributed by atoms with van der Waals surface area (Å²) in [5, 5.41) is 12.8. The molecule has 0 spiro atoms. The molecule has 0 amide bonds. The van der Waals surface area contributed by atoms with Crippen LogP contribution in [0.3, 0.4) is 0 Å². The first-order chi connectivity index (χ1) is 7.94. The van der Waals surface area contributed by atoms with Gasteiger partial charge in [0.05, 0.1) is 0 Å². The molecular weight excluding hydrogens is 232 g/mol. The molecule has 2 rings (SSSR count). The van der Waals surface area contributed by atoms with E-state index in [1.54, 1.807) is 13.1 Å². The molecule has 90 valence electrons. The summed E-state index contributed by atoms with van der Waals surface area (Å²) >= 11 is 1.54. The number of hydrogen-bond donors (Lipinski definition) is 2. The van der Waals surface area contributed by atoms with Gasteiger partial charge in [-0.1, -0.05) is 0 Å². The Morgan fingerprint density at radius 2 is 2.00 bits per heavy atom. The molecule has 1 unspecified atom stereocenters. The van der Waals surface area contributed by atoms with Gasteiger partial charge in [-0.05, 0) is 49.4 Å². The second kappa shape index (κ2) is 4.13. The SMILES string of the molecule is Cc1ccsc1C(C)(O)c1c(C)ccnc1N. The smallest absolute Gasteiger partial charge is 0.130 e. The number of nitrogens with two attached hydrogens (primary N) is 1. The van der Waals surface area contributed by atoms with E-state index in [9.17, 15) is 5.11 Å². The molecule has 0 aliphatic carbocycles. The van der Waals surface area contributed by atoms with E-state index in [0.29, 0.717) is 11.4 Å². The Labute approximate surface area is 105 Å². The number of thiophene rings is 1. The van der Waals surface area contributed by atoms with Crippen molar-refractivity contribution in [2.24, 2.45) is 0 Å². The predicted octanol–water partition coefficient (Wildman–Crippen LogP) is 2.60. The van der Waals surface area contributed by atoms with Crippen LogP contribution in [0.25, 0.3) is 0 Å². The molecule has 1 atom stereocenters. The minimum absolute atomic E-state index is 0.391. The van der Waals surface area contributed by atoms with E-state index >= 15 is 0 Å². The van der Waals surface area contributed by atoms with Crippen molar-refractivity contribution in [2.45, 2.75) is 26.4 Å². The summed E-state index contributed by atoms with van der Waals surface area (Å²) in [6.45, 7) is 5.69. The van der Waals surface area contributed by atoms with Crippen LogP contribution in [0.15, 0.2) is 23.7 Å². The third-order valence-corrected chi connectivity index (χ3v) is 4.21. The van der Waals surface area contributed by atoms with E-state index in [1.165, 1.54) is 11.3 Å². The highest BCUT2D eigenvalue weighted by molar-refractivity contribution is 7.10. The highest BCUT2D eigenvalue weighted by Gasteiger charge is 2.32. The highest BCUT2D eigenvalue weighted by atomic mass is 32.1. The van der Waals surface area contributed by atoms with Gasteiger partial charge in [0.2, 0.25) is 0 Å². The van der Waals surface area contributed by atoms with E-state index in [2.05, 4.69) is 4.98 Å². The molecule has 0 aliphatic heterocycles. The number of pyridine rings is 1. The van der Waals surface area contributed by atoms with Gasteiger partial charge in [-0.15, -0.1) is 11.3 Å². The number of nitrogens with zero attached hydrogens (tertiary/aromatic N) is 1. The number of rotatable bonds is 2. The average molecular weight is 248 g/mol. The summed E-state index contributed by atoms with van der Waals surface area (Å²) < 4.78 is 0. The van der Waals surface area contributed by atoms with Crippen LogP contribution >= 0.6 is 11.3 Å². The maximum absolute atomic E-state index is 10.8. The lowest BCUT2D eigenvalue weighted by Gasteiger charge is -2.26. The first-order valence-electron chi connectivity index (χ1n) is 5.43. The fourth-order valence-electron chi connectivity index (χ4n) is 2.20. The summed E-state index contributed by atoms with van der Waals surface area (Å²) in [6, 6.07) is 3.86. The molecule has 0 aromatic carbocycles. The van der Waals surface area contributed by atoms with Crippen LogP contribution in [0.1, 0.15) is 28.5 Å². The molecule has 0 bridgehead atoms. The number of aromatic nitrogens is 1. The average Bonchev–Trinajstić information content (AvgIpc) is 2.64. The lowest BCUT2D eigenvalue weighted by atomic mass is 9.89. The summed E-state index contributed by atoms with van der Waals surface area (Å²) in [6.07, 6.45) is 1.66. The van der Waals surface area contributed by atoms with E-state index in [-0.39, 0.29) is 0 Å². The zero-order valence-electron chi connectivity index (χ0n) is 10.2. The Kier molecular flexibility index (Phi) is 2.93. The van der Waals surface area contributed by atoms with Crippen LogP contribution in [-0.4, -0.2) is 10.1 Å². The Morgan fingerprint density at radius 1 is 1.29 bits per heavy atom. The van der Waals surface area contributed by atoms with Crippen LogP contribution in [0.2, 0.25) is 0 Å². The molecule has 0 saturated carbocycles. The van der Waals surface area contributed by atoms with Gasteiger partial charge >= 0.3 is 0 Å². The summed E-state index contributed by atoms with van der Waals surface area (Å²) in [5.74, 6) is 0.391. The van der Waals surface area contributed by atoms with Gasteiger partial charge in [-0.2, -0.15) is 0 Å². The lowest BCUT2D eigenvalue weighted by molar-refractivity contribution is 0.105. The molecule has 3 N–H and O–H groups in total. The first kappa shape index (κ1) is 12.1. The molecule has 3 nitrogen and oxygen atoms in total. The molecule has 2 heterocycles. The quantitative estimate of drug-likeness (QED) is 0.858. The molecule has 17 heavy (non-hydrogen) atoms. The Bertz CT molecular complexity index is 526. The van der Waals surface area contributed by atoms with Crippen molar-refractivity contribution in [2.75, 3.05) is 5.73 Å². The topological polar surface area (TPSA) is 59.1 Å². The molecule has 0 saturated heterocycles. The second-order valence-corrected chi connectivity index (χ2v) is 5.31. The normalized spacial score (nSPS) is 14.6. The lowest BCUT2D eigenvalue weighted by Crippen LogP contribution is -2.25. The zero-order chi connectivity index (χ0) is 12.6. The molecule has 0 fully saturated rings. The van der Waals surface area contributed by atoms with Gasteiger partial charge in [-0.25, -0.2) is 4.98 Å². The second-order valence-electron chi connectivity index (χ2n) is 4.39. The molecule has 2 aromatic rings. The van der Waals surface area contributed by atoms with Crippen molar-refractivity contribution >= 4 is 17.2 Å². The fraction of sp³-hybridized carbons (Fsp3) is 0.308. The standard InChI is InChI=1S/C13H16N2OS/c1-8-4-6-15-12(14)10(8)13(3,16)11-9(2)5-7-17-11/h4-7,16H,1-3H3,(H2,14,15). The van der Waals surface area contributed by atoms with Crippen molar-refractivity contribution in [3.8, 4) is 0 Å². The van der Waals surface area contributed by atoms with E-state index < -0.39 is 5.60 Å². The maximum atomic E-state index is 10.8. The van der Waals surface area contributed by atoms with Crippen molar-refractivity contribution in [3.05, 3.63) is 45.3 Å². The number of aryl methyl sites for hydroxylation is 2. The summed E-state index contributed by atoms with van der Waals surface area (Å²) in [4.78, 5) is 4.99. The van der Waals surface area contributed by atoms with Crippen molar-refractivity contribution in [1.29, 1.82) is 0 Å². The molecule has 4 heteroatoms. The van der Waals surface area contributed by atoms with Gasteiger partial charge in [-0.3, -0.25) is 0 Å². The number of hydrogen-bond acceptors (Lipinski definition) is 4. The molecular formula is C13H16N2OS. The minimum Gasteiger partial charge on any atom is -0.383 e. The van der Waals surface area contributed by atoms with E-state index in [4.69, 9.17) is 5.73 Å². The Hall–Kier alpha value is -1.39. The van der Waals surface area contributed by atoms with Crippen LogP contribution in [0.5, 0.6) is 0 Å². The van der Waals surface area contributed by atoms with Crippen LogP contribution in [0, 0.1) is 13.8 Å². The van der Waals surface area contributed by atoms with E-state index in [0.717, 1.165) is 16.0 Å². The van der Waals surface area contributed by atoms with Gasteiger partial charge in [0.25, 0.3) is 0 Å². The zero-order valence-corrected chi connectivity index (χ0v) is 11.0. The Morgan fingerprint density at radius 3 is 2.53 bits per heavy atom. The highest BCUT2D eigenvalue weighted by Crippen LogP contribution is 2.38. The summed E-state index contributed by atoms with van der Waals surface area (Å²) in [7, 11) is 0. The summed E-state index contributed by atoms with van der Waals surface area (Å²) in [5.41, 5.74) is 7.54. The largest absolute Gasteiger partial charge is 0.383 e. The minimum atomic E-state index is -1.08. The number of anilines is 1. The van der Waals surface area contributed by atoms with Gasteiger partial charge in [0.1, 0.15) is 11.4 Å². The van der Waals surface area contributed by atoms with Crippen molar-refractivity contribution in [1.82, 2.24) is 4.98 Å². The monoisotopic (exact) mass is 248 g/mol. The first-order valence-corrected chi connectivity index (χ1v) is 6.31. The Balaban J connectivity index is 2.64. The number of nitrogen functional groups attached to an aromatic ring is 1. The maximum Gasteiger partial charge on any atom is 0.130 e. The van der Waals surface area contributed by atoms with E-state index in [1.807, 2.05) is 31.4 Å². The van der Waals surface area contributed by atoms with Crippen molar-refractivity contribution in [3.63, 3.8) is 0 Å². The third kappa shape index (κ3) is 1.94. The third-order valence-electron chi connectivity index (χ3n) is 2.98. The predicted molar refractivity (Wildman–Crippen MR) is 71.1 cm³/mol. The van der Waals surface area contributed by atoms with Gasteiger partial charge in [0.15, 0.2) is 0 Å². The van der Waals surface area contributed by atoms with Crippen LogP contribution in [-0.2, 0) is 5.60 Å². The number of aliphatic hydroxyl groups is 1. The molecule has 0 radical (unpaired) electrons. The van der Waals surface area contributed by atoms with Crippen LogP contribution < -0.4 is 5.73 Å². The van der Waals surface area contributed by atoms with Crippen LogP contribution in [0.4, 0.5) is 5.82 Å². The molecule has 2 aromatic heterocycles.